The number of aliphatic hydroxyl groups excluding tert-OH is 1. The van der Waals surface area contributed by atoms with Gasteiger partial charge in [-0.05, 0) is 0 Å². The van der Waals surface area contributed by atoms with Crippen LogP contribution < -0.4 is 16.6 Å². The van der Waals surface area contributed by atoms with Crippen LogP contribution in [0.5, 0.6) is 0 Å². The van der Waals surface area contributed by atoms with Gasteiger partial charge in [-0.15, -0.1) is 0 Å². The van der Waals surface area contributed by atoms with Crippen LogP contribution in [-0.4, -0.2) is 47.9 Å². The molecule has 0 aliphatic carbocycles. The summed E-state index contributed by atoms with van der Waals surface area (Å²) >= 11 is 0. The smallest absolute Gasteiger partial charge is 0.375 e. The van der Waals surface area contributed by atoms with E-state index in [0.717, 1.165) is 0 Å². The number of aromatic amines is 1. The number of nitrogen functional groups attached to an aromatic ring is 1. The molecule has 1 aromatic heterocycles. The summed E-state index contributed by atoms with van der Waals surface area (Å²) in [6.45, 7) is -0.320. The number of phosphoric acid groups is 1. The highest BCUT2D eigenvalue weighted by atomic mass is 31.3. The molecule has 0 amide bonds. The van der Waals surface area contributed by atoms with Crippen molar-refractivity contribution >= 4 is 38.6 Å². The molecule has 0 bridgehead atoms. The minimum atomic E-state index is -5.32. The van der Waals surface area contributed by atoms with E-state index in [-0.39, 0.29) is 24.0 Å². The second kappa shape index (κ2) is 5.56. The van der Waals surface area contributed by atoms with Gasteiger partial charge in [0.2, 0.25) is 5.95 Å². The van der Waals surface area contributed by atoms with Gasteiger partial charge in [0, 0.05) is 0 Å². The molecule has 0 fully saturated rings. The van der Waals surface area contributed by atoms with Gasteiger partial charge in [-0.1, -0.05) is 0 Å². The molecule has 122 valence electrons. The molecular weight excluding hydrogens is 344 g/mol. The van der Waals surface area contributed by atoms with Crippen LogP contribution in [0, 0.1) is 0 Å². The van der Waals surface area contributed by atoms with E-state index in [4.69, 9.17) is 15.5 Å². The normalized spacial score (nSPS) is 18.6. The van der Waals surface area contributed by atoms with Gasteiger partial charge in [-0.3, -0.25) is 14.3 Å². The van der Waals surface area contributed by atoms with E-state index in [0.29, 0.717) is 0 Å². The van der Waals surface area contributed by atoms with Gasteiger partial charge < -0.3 is 30.8 Å². The van der Waals surface area contributed by atoms with Crippen LogP contribution >= 0.6 is 15.4 Å². The maximum Gasteiger partial charge on any atom is 0.476 e. The van der Waals surface area contributed by atoms with Gasteiger partial charge in [-0.25, -0.2) is 13.9 Å². The largest absolute Gasteiger partial charge is 0.476 e. The first-order valence-corrected chi connectivity index (χ1v) is 8.66. The molecule has 0 saturated carbocycles. The number of nitrogens with zero attached hydrogens (tertiary/aromatic N) is 2. The lowest BCUT2D eigenvalue weighted by Crippen LogP contribution is -2.32. The highest BCUT2D eigenvalue weighted by molar-refractivity contribution is 7.64. The summed E-state index contributed by atoms with van der Waals surface area (Å²) in [5, 5.41) is 12.3. The number of rotatable bonds is 4. The number of aliphatic hydroxyl groups is 1. The molecule has 1 aromatic rings. The summed E-state index contributed by atoms with van der Waals surface area (Å²) in [5.74, 6) is -2.55. The van der Waals surface area contributed by atoms with Crippen molar-refractivity contribution < 1.29 is 33.2 Å². The number of aliphatic imine (C=N–C) groups is 1. The van der Waals surface area contributed by atoms with Crippen molar-refractivity contribution in [2.75, 3.05) is 17.6 Å². The summed E-state index contributed by atoms with van der Waals surface area (Å²) in [6, 6.07) is 0. The van der Waals surface area contributed by atoms with E-state index in [2.05, 4.69) is 24.6 Å². The molecule has 2 atom stereocenters. The Bertz CT molecular complexity index is 784. The minimum absolute atomic E-state index is 0.0131. The van der Waals surface area contributed by atoms with Gasteiger partial charge in [0.1, 0.15) is 0 Å². The van der Waals surface area contributed by atoms with Crippen LogP contribution in [0.25, 0.3) is 0 Å². The number of anilines is 2. The first kappa shape index (κ1) is 16.8. The van der Waals surface area contributed by atoms with Crippen LogP contribution in [0.15, 0.2) is 9.79 Å². The molecule has 0 spiro atoms. The molecule has 2 rings (SSSR count). The monoisotopic (exact) mass is 355 g/mol. The van der Waals surface area contributed by atoms with Crippen molar-refractivity contribution in [2.45, 2.75) is 5.85 Å². The van der Waals surface area contributed by atoms with E-state index in [1.165, 1.54) is 0 Å². The molecule has 0 saturated heterocycles. The molecule has 1 aliphatic heterocycles. The third-order valence-electron chi connectivity index (χ3n) is 2.44. The lowest BCUT2D eigenvalue weighted by Gasteiger charge is -2.22. The van der Waals surface area contributed by atoms with E-state index < -0.39 is 32.5 Å². The van der Waals surface area contributed by atoms with Crippen molar-refractivity contribution in [1.29, 1.82) is 0 Å². The van der Waals surface area contributed by atoms with Gasteiger partial charge in [0.05, 0.1) is 12.3 Å². The van der Waals surface area contributed by atoms with Crippen molar-refractivity contribution in [3.8, 4) is 0 Å². The van der Waals surface area contributed by atoms with Crippen LogP contribution in [0.1, 0.15) is 0 Å². The van der Waals surface area contributed by atoms with Gasteiger partial charge in [-0.2, -0.15) is 4.98 Å². The van der Waals surface area contributed by atoms with Crippen molar-refractivity contribution in [2.24, 2.45) is 4.99 Å². The third kappa shape index (κ3) is 3.59. The number of nitrogens with two attached hydrogens (primary N) is 1. The van der Waals surface area contributed by atoms with Gasteiger partial charge >= 0.3 is 15.4 Å². The Morgan fingerprint density at radius 1 is 1.32 bits per heavy atom. The van der Waals surface area contributed by atoms with Crippen molar-refractivity contribution in [3.63, 3.8) is 0 Å². The minimum Gasteiger partial charge on any atom is -0.375 e. The third-order valence-corrected chi connectivity index (χ3v) is 5.14. The number of aromatic nitrogens is 2. The van der Waals surface area contributed by atoms with Crippen LogP contribution in [-0.2, 0) is 13.4 Å². The number of nitrogens with one attached hydrogen (secondary N) is 2. The summed E-state index contributed by atoms with van der Waals surface area (Å²) in [6.07, 6.45) is 0. The molecule has 13 nitrogen and oxygen atoms in total. The predicted molar refractivity (Wildman–Crippen MR) is 73.8 cm³/mol. The summed E-state index contributed by atoms with van der Waals surface area (Å²) in [5.41, 5.74) is 3.79. The quantitative estimate of drug-likeness (QED) is 0.307. The molecule has 2 heterocycles. The molecule has 0 aromatic carbocycles. The van der Waals surface area contributed by atoms with E-state index >= 15 is 0 Å². The van der Waals surface area contributed by atoms with Crippen LogP contribution in [0.3, 0.4) is 0 Å². The fraction of sp³-hybridized carbons (Fsp3) is 0.286. The Labute approximate surface area is 121 Å². The predicted octanol–water partition coefficient (Wildman–Crippen LogP) is -1.54. The van der Waals surface area contributed by atoms with Gasteiger partial charge in [0.25, 0.3) is 5.56 Å². The zero-order valence-corrected chi connectivity index (χ0v) is 12.4. The van der Waals surface area contributed by atoms with Crippen LogP contribution in [0.4, 0.5) is 17.5 Å². The van der Waals surface area contributed by atoms with E-state index in [9.17, 15) is 23.9 Å². The molecule has 1 aliphatic rings. The standard InChI is InChI=1S/C7H11N5O8P2/c8-7-11-4-3(5(13)12-7)10-2(1-9-4)6(14)21(15,16)20-22(17,18)19/h6,14H,1H2,(H,15,16)(H2,17,18,19)(H4,8,9,11,12,13). The molecule has 22 heavy (non-hydrogen) atoms. The molecule has 0 radical (unpaired) electrons. The highest BCUT2D eigenvalue weighted by Crippen LogP contribution is 2.59. The maximum atomic E-state index is 11.6. The second-order valence-electron chi connectivity index (χ2n) is 4.12. The number of hydrogen-bond donors (Lipinski definition) is 7. The Morgan fingerprint density at radius 3 is 2.55 bits per heavy atom. The first-order valence-electron chi connectivity index (χ1n) is 5.48. The average Bonchev–Trinajstić information content (AvgIpc) is 2.34. The van der Waals surface area contributed by atoms with E-state index in [1.54, 1.807) is 0 Å². The molecule has 15 heteroatoms. The number of H-pyrrole nitrogens is 1. The molecule has 2 unspecified atom stereocenters. The zero-order valence-electron chi connectivity index (χ0n) is 10.6. The van der Waals surface area contributed by atoms with Crippen LogP contribution in [0.2, 0.25) is 0 Å². The number of hydrogen-bond acceptors (Lipinski definition) is 9. The first-order chi connectivity index (χ1) is 9.99. The van der Waals surface area contributed by atoms with Gasteiger partial charge in [0.15, 0.2) is 17.4 Å². The summed E-state index contributed by atoms with van der Waals surface area (Å²) in [4.78, 5) is 47.6. The fourth-order valence-corrected chi connectivity index (χ4v) is 3.71. The topological polar surface area (TPSA) is 220 Å². The fourth-order valence-electron chi connectivity index (χ4n) is 1.60. The number of fused-ring (bicyclic) bond motifs is 1. The Hall–Kier alpha value is -1.59. The highest BCUT2D eigenvalue weighted by Gasteiger charge is 2.41. The summed E-state index contributed by atoms with van der Waals surface area (Å²) < 4.78 is 25.9. The Balaban J connectivity index is 2.38. The lowest BCUT2D eigenvalue weighted by molar-refractivity contribution is 0.222. The van der Waals surface area contributed by atoms with Crippen molar-refractivity contribution in [1.82, 2.24) is 9.97 Å². The van der Waals surface area contributed by atoms with E-state index in [1.807, 2.05) is 0 Å². The molecular formula is C7H11N5O8P2. The lowest BCUT2D eigenvalue weighted by atomic mass is 10.3. The zero-order chi connectivity index (χ0) is 16.7. The molecule has 8 N–H and O–H groups in total. The Kier molecular flexibility index (Phi) is 4.24. The Morgan fingerprint density at radius 2 is 1.95 bits per heavy atom. The van der Waals surface area contributed by atoms with Crippen molar-refractivity contribution in [3.05, 3.63) is 10.4 Å². The maximum absolute atomic E-state index is 11.6. The second-order valence-corrected chi connectivity index (χ2v) is 7.37. The average molecular weight is 355 g/mol. The summed E-state index contributed by atoms with van der Waals surface area (Å²) in [7, 11) is -10.5. The SMILES string of the molecule is Nc1nc2c(c(=O)[nH]1)N=C(C(O)P(=O)(O)OP(=O)(O)O)CN2.